The van der Waals surface area contributed by atoms with Gasteiger partial charge in [0.05, 0.1) is 7.11 Å². The van der Waals surface area contributed by atoms with Crippen LogP contribution in [0.25, 0.3) is 55.3 Å². The maximum absolute atomic E-state index is 5.66. The van der Waals surface area contributed by atoms with Gasteiger partial charge in [-0.2, -0.15) is 0 Å². The summed E-state index contributed by atoms with van der Waals surface area (Å²) in [7, 11) is 1.74. The summed E-state index contributed by atoms with van der Waals surface area (Å²) in [6, 6.07) is 36.8. The Morgan fingerprint density at radius 3 is 1.70 bits per heavy atom. The van der Waals surface area contributed by atoms with E-state index in [-0.39, 0.29) is 0 Å². The highest BCUT2D eigenvalue weighted by Crippen LogP contribution is 2.55. The fourth-order valence-electron chi connectivity index (χ4n) is 4.80. The van der Waals surface area contributed by atoms with Gasteiger partial charge in [-0.3, -0.25) is 0 Å². The smallest absolute Gasteiger partial charge is 0.120 e. The van der Waals surface area contributed by atoms with Gasteiger partial charge in [-0.1, -0.05) is 91.0 Å². The van der Waals surface area contributed by atoms with Crippen molar-refractivity contribution >= 4 is 10.8 Å². The second-order valence-corrected chi connectivity index (χ2v) is 7.72. The third-order valence-corrected chi connectivity index (χ3v) is 6.10. The van der Waals surface area contributed by atoms with Gasteiger partial charge in [0.1, 0.15) is 5.75 Å². The zero-order chi connectivity index (χ0) is 20.1. The van der Waals surface area contributed by atoms with Crippen molar-refractivity contribution in [2.24, 2.45) is 0 Å². The van der Waals surface area contributed by atoms with E-state index in [2.05, 4.69) is 103 Å². The standard InChI is InChI=1S/C29H20O/c1-30-22-17-21-13-8-14-25-27(21)26(18-22)29-24(20-11-6-3-7-12-20)16-15-23(28(25)29)19-9-4-2-5-10-19/h2-18H,1H3. The van der Waals surface area contributed by atoms with Crippen LogP contribution in [0.2, 0.25) is 0 Å². The Balaban J connectivity index is 1.77. The normalized spacial score (nSPS) is 11.5. The van der Waals surface area contributed by atoms with Crippen molar-refractivity contribution in [2.75, 3.05) is 7.11 Å². The largest absolute Gasteiger partial charge is 0.497 e. The molecule has 0 N–H and O–H groups in total. The molecule has 0 fully saturated rings. The molecular formula is C29H20O. The highest BCUT2D eigenvalue weighted by atomic mass is 16.5. The zero-order valence-electron chi connectivity index (χ0n) is 16.7. The number of rotatable bonds is 3. The Kier molecular flexibility index (Phi) is 3.75. The van der Waals surface area contributed by atoms with E-state index in [1.807, 2.05) is 0 Å². The molecule has 1 heteroatoms. The molecule has 0 aliphatic heterocycles. The van der Waals surface area contributed by atoms with Crippen LogP contribution in [0.4, 0.5) is 0 Å². The first-order chi connectivity index (χ1) is 14.8. The predicted molar refractivity (Wildman–Crippen MR) is 126 cm³/mol. The van der Waals surface area contributed by atoms with Crippen LogP contribution >= 0.6 is 0 Å². The Hall–Kier alpha value is -3.84. The average Bonchev–Trinajstić information content (AvgIpc) is 3.16. The molecule has 30 heavy (non-hydrogen) atoms. The number of methoxy groups -OCH3 is 1. The van der Waals surface area contributed by atoms with E-state index < -0.39 is 0 Å². The van der Waals surface area contributed by atoms with Crippen LogP contribution < -0.4 is 4.74 Å². The summed E-state index contributed by atoms with van der Waals surface area (Å²) in [5.74, 6) is 0.895. The summed E-state index contributed by atoms with van der Waals surface area (Å²) in [4.78, 5) is 0. The molecule has 0 amide bonds. The zero-order valence-corrected chi connectivity index (χ0v) is 16.7. The summed E-state index contributed by atoms with van der Waals surface area (Å²) >= 11 is 0. The summed E-state index contributed by atoms with van der Waals surface area (Å²) < 4.78 is 5.66. The Morgan fingerprint density at radius 1 is 0.500 bits per heavy atom. The minimum Gasteiger partial charge on any atom is -0.497 e. The first-order valence-corrected chi connectivity index (χ1v) is 10.2. The topological polar surface area (TPSA) is 9.23 Å². The summed E-state index contributed by atoms with van der Waals surface area (Å²) in [5.41, 5.74) is 10.2. The van der Waals surface area contributed by atoms with Crippen LogP contribution in [0.5, 0.6) is 5.75 Å². The van der Waals surface area contributed by atoms with Crippen LogP contribution in [0, 0.1) is 0 Å². The maximum Gasteiger partial charge on any atom is 0.120 e. The van der Waals surface area contributed by atoms with E-state index in [0.717, 1.165) is 5.75 Å². The molecule has 0 heterocycles. The second kappa shape index (κ2) is 6.60. The van der Waals surface area contributed by atoms with Crippen molar-refractivity contribution in [1.29, 1.82) is 0 Å². The third kappa shape index (κ3) is 2.42. The Morgan fingerprint density at radius 2 is 1.10 bits per heavy atom. The number of fused-ring (bicyclic) bond motifs is 3. The van der Waals surface area contributed by atoms with Gasteiger partial charge in [-0.25, -0.2) is 0 Å². The van der Waals surface area contributed by atoms with Gasteiger partial charge in [0.2, 0.25) is 0 Å². The SMILES string of the molecule is COc1cc2c3c(cccc3c1)-c1c(-c3ccccc3)ccc(-c3ccccc3)c1-2. The average molecular weight is 384 g/mol. The predicted octanol–water partition coefficient (Wildman–Crippen LogP) is 7.83. The summed E-state index contributed by atoms with van der Waals surface area (Å²) in [6.45, 7) is 0. The van der Waals surface area contributed by atoms with Crippen molar-refractivity contribution < 1.29 is 4.74 Å². The van der Waals surface area contributed by atoms with Crippen LogP contribution in [0.3, 0.4) is 0 Å². The van der Waals surface area contributed by atoms with Crippen LogP contribution in [0.15, 0.2) is 103 Å². The summed E-state index contributed by atoms with van der Waals surface area (Å²) in [6.07, 6.45) is 0. The highest BCUT2D eigenvalue weighted by Gasteiger charge is 2.28. The fraction of sp³-hybridized carbons (Fsp3) is 0.0345. The molecule has 0 aromatic heterocycles. The van der Waals surface area contributed by atoms with Gasteiger partial charge in [0.25, 0.3) is 0 Å². The quantitative estimate of drug-likeness (QED) is 0.302. The fourth-order valence-corrected chi connectivity index (χ4v) is 4.80. The minimum atomic E-state index is 0.895. The molecule has 1 aliphatic carbocycles. The first-order valence-electron chi connectivity index (χ1n) is 10.2. The van der Waals surface area contributed by atoms with Crippen LogP contribution in [0.1, 0.15) is 0 Å². The second-order valence-electron chi connectivity index (χ2n) is 7.72. The monoisotopic (exact) mass is 384 g/mol. The molecule has 1 nitrogen and oxygen atoms in total. The maximum atomic E-state index is 5.66. The molecule has 0 radical (unpaired) electrons. The first kappa shape index (κ1) is 17.1. The van der Waals surface area contributed by atoms with E-state index in [0.29, 0.717) is 0 Å². The van der Waals surface area contributed by atoms with Crippen molar-refractivity contribution in [1.82, 2.24) is 0 Å². The molecule has 6 rings (SSSR count). The lowest BCUT2D eigenvalue weighted by Gasteiger charge is -2.15. The molecular weight excluding hydrogens is 364 g/mol. The summed E-state index contributed by atoms with van der Waals surface area (Å²) in [5, 5.41) is 2.53. The molecule has 142 valence electrons. The van der Waals surface area contributed by atoms with E-state index >= 15 is 0 Å². The molecule has 0 saturated carbocycles. The van der Waals surface area contributed by atoms with E-state index in [1.165, 1.54) is 55.3 Å². The Bertz CT molecular complexity index is 1400. The van der Waals surface area contributed by atoms with Gasteiger partial charge in [-0.05, 0) is 67.4 Å². The van der Waals surface area contributed by atoms with Crippen molar-refractivity contribution in [2.45, 2.75) is 0 Å². The van der Waals surface area contributed by atoms with E-state index in [1.54, 1.807) is 7.11 Å². The molecule has 5 aromatic rings. The molecule has 0 atom stereocenters. The number of benzene rings is 5. The Labute approximate surface area is 176 Å². The molecule has 0 bridgehead atoms. The lowest BCUT2D eigenvalue weighted by molar-refractivity contribution is 0.415. The van der Waals surface area contributed by atoms with Gasteiger partial charge in [0.15, 0.2) is 0 Å². The van der Waals surface area contributed by atoms with E-state index in [9.17, 15) is 0 Å². The molecule has 5 aromatic carbocycles. The molecule has 0 spiro atoms. The van der Waals surface area contributed by atoms with Gasteiger partial charge in [0, 0.05) is 0 Å². The van der Waals surface area contributed by atoms with Gasteiger partial charge in [-0.15, -0.1) is 0 Å². The molecule has 0 saturated heterocycles. The van der Waals surface area contributed by atoms with Crippen molar-refractivity contribution in [3.8, 4) is 50.3 Å². The van der Waals surface area contributed by atoms with E-state index in [4.69, 9.17) is 4.74 Å². The van der Waals surface area contributed by atoms with Crippen LogP contribution in [-0.2, 0) is 0 Å². The number of hydrogen-bond acceptors (Lipinski definition) is 1. The van der Waals surface area contributed by atoms with Gasteiger partial charge >= 0.3 is 0 Å². The van der Waals surface area contributed by atoms with Crippen molar-refractivity contribution in [3.05, 3.63) is 103 Å². The van der Waals surface area contributed by atoms with Gasteiger partial charge < -0.3 is 4.74 Å². The molecule has 0 unspecified atom stereocenters. The lowest BCUT2D eigenvalue weighted by atomic mass is 9.88. The number of hydrogen-bond donors (Lipinski definition) is 0. The minimum absolute atomic E-state index is 0.895. The third-order valence-electron chi connectivity index (χ3n) is 6.10. The van der Waals surface area contributed by atoms with Crippen LogP contribution in [-0.4, -0.2) is 7.11 Å². The number of ether oxygens (including phenoxy) is 1. The molecule has 1 aliphatic rings. The highest BCUT2D eigenvalue weighted by molar-refractivity contribution is 6.21. The van der Waals surface area contributed by atoms with Crippen molar-refractivity contribution in [3.63, 3.8) is 0 Å². The lowest BCUT2D eigenvalue weighted by Crippen LogP contribution is -1.89.